The highest BCUT2D eigenvalue weighted by atomic mass is 16.6. The third-order valence-corrected chi connectivity index (χ3v) is 5.03. The zero-order valence-electron chi connectivity index (χ0n) is 14.8. The van der Waals surface area contributed by atoms with Crippen LogP contribution in [0.15, 0.2) is 28.8 Å². The average Bonchev–Trinajstić information content (AvgIpc) is 3.07. The lowest BCUT2D eigenvalue weighted by atomic mass is 9.84. The van der Waals surface area contributed by atoms with Crippen molar-refractivity contribution in [3.8, 4) is 11.4 Å². The number of aromatic nitrogens is 2. The van der Waals surface area contributed by atoms with Gasteiger partial charge in [-0.1, -0.05) is 31.8 Å². The van der Waals surface area contributed by atoms with Crippen molar-refractivity contribution in [2.24, 2.45) is 11.8 Å². The van der Waals surface area contributed by atoms with Crippen LogP contribution in [0.4, 0.5) is 5.69 Å². The highest BCUT2D eigenvalue weighted by molar-refractivity contribution is 5.79. The normalized spacial score (nSPS) is 16.5. The Balaban J connectivity index is 1.79. The second-order valence-electron chi connectivity index (χ2n) is 6.76. The molecule has 1 N–H and O–H groups in total. The summed E-state index contributed by atoms with van der Waals surface area (Å²) in [7, 11) is 0. The maximum absolute atomic E-state index is 12.3. The largest absolute Gasteiger partial charge is 0.344 e. The molecule has 0 radical (unpaired) electrons. The monoisotopic (exact) mass is 358 g/mol. The predicted octanol–water partition coefficient (Wildman–Crippen LogP) is 3.65. The van der Waals surface area contributed by atoms with E-state index in [1.807, 2.05) is 13.8 Å². The maximum atomic E-state index is 12.3. The van der Waals surface area contributed by atoms with Gasteiger partial charge in [-0.05, 0) is 30.9 Å². The number of nitro benzene ring substituents is 1. The number of benzene rings is 1. The fourth-order valence-electron chi connectivity index (χ4n) is 2.84. The van der Waals surface area contributed by atoms with Crippen molar-refractivity contribution >= 4 is 11.6 Å². The summed E-state index contributed by atoms with van der Waals surface area (Å²) in [4.78, 5) is 27.1. The van der Waals surface area contributed by atoms with Crippen molar-refractivity contribution in [1.82, 2.24) is 15.5 Å². The standard InChI is InChI=1S/C18H22N4O4/c1-3-11(2)15(19-17(23)13-5-4-6-13)18-20-16(21-26-18)12-7-9-14(10-8-12)22(24)25/h7-11,13,15H,3-6H2,1-2H3,(H,19,23)/t11-,15-/m0/s1. The van der Waals surface area contributed by atoms with E-state index in [-0.39, 0.29) is 29.5 Å². The smallest absolute Gasteiger partial charge is 0.269 e. The minimum atomic E-state index is -0.458. The first-order valence-corrected chi connectivity index (χ1v) is 8.88. The van der Waals surface area contributed by atoms with Crippen LogP contribution in [-0.2, 0) is 4.79 Å². The zero-order chi connectivity index (χ0) is 18.7. The second kappa shape index (κ2) is 7.63. The van der Waals surface area contributed by atoms with E-state index in [4.69, 9.17) is 4.52 Å². The molecular weight excluding hydrogens is 336 g/mol. The Kier molecular flexibility index (Phi) is 5.29. The van der Waals surface area contributed by atoms with Crippen molar-refractivity contribution in [2.75, 3.05) is 0 Å². The van der Waals surface area contributed by atoms with Gasteiger partial charge >= 0.3 is 0 Å². The lowest BCUT2D eigenvalue weighted by Gasteiger charge is -2.28. The Labute approximate surface area is 151 Å². The number of hydrogen-bond donors (Lipinski definition) is 1. The van der Waals surface area contributed by atoms with Crippen LogP contribution in [0.1, 0.15) is 51.5 Å². The molecule has 1 aliphatic carbocycles. The molecule has 0 spiro atoms. The molecule has 0 unspecified atom stereocenters. The highest BCUT2D eigenvalue weighted by Gasteiger charge is 2.31. The van der Waals surface area contributed by atoms with E-state index in [1.54, 1.807) is 12.1 Å². The van der Waals surface area contributed by atoms with Gasteiger partial charge in [0.1, 0.15) is 6.04 Å². The molecule has 0 aliphatic heterocycles. The van der Waals surface area contributed by atoms with E-state index in [0.29, 0.717) is 17.3 Å². The van der Waals surface area contributed by atoms with Crippen LogP contribution >= 0.6 is 0 Å². The third-order valence-electron chi connectivity index (χ3n) is 5.03. The molecule has 0 bridgehead atoms. The number of nitrogens with one attached hydrogen (secondary N) is 1. The van der Waals surface area contributed by atoms with Gasteiger partial charge in [0, 0.05) is 23.6 Å². The number of nitrogens with zero attached hydrogens (tertiary/aromatic N) is 3. The average molecular weight is 358 g/mol. The molecule has 2 aromatic rings. The molecule has 1 fully saturated rings. The topological polar surface area (TPSA) is 111 Å². The minimum Gasteiger partial charge on any atom is -0.344 e. The zero-order valence-corrected chi connectivity index (χ0v) is 14.8. The number of non-ortho nitro benzene ring substituents is 1. The van der Waals surface area contributed by atoms with Crippen LogP contribution in [0.3, 0.4) is 0 Å². The van der Waals surface area contributed by atoms with Gasteiger partial charge in [0.15, 0.2) is 0 Å². The number of nitro groups is 1. The Morgan fingerprint density at radius 1 is 1.38 bits per heavy atom. The van der Waals surface area contributed by atoms with E-state index >= 15 is 0 Å². The SMILES string of the molecule is CC[C@H](C)[C@H](NC(=O)C1CCC1)c1nc(-c2ccc([N+](=O)[O-])cc2)no1. The van der Waals surface area contributed by atoms with Gasteiger partial charge in [0.25, 0.3) is 5.69 Å². The van der Waals surface area contributed by atoms with Crippen LogP contribution < -0.4 is 5.32 Å². The van der Waals surface area contributed by atoms with E-state index in [0.717, 1.165) is 25.7 Å². The molecule has 1 aromatic heterocycles. The summed E-state index contributed by atoms with van der Waals surface area (Å²) in [5.74, 6) is 0.973. The van der Waals surface area contributed by atoms with E-state index in [9.17, 15) is 14.9 Å². The van der Waals surface area contributed by atoms with Gasteiger partial charge in [0.2, 0.25) is 17.6 Å². The van der Waals surface area contributed by atoms with Gasteiger partial charge in [-0.25, -0.2) is 0 Å². The summed E-state index contributed by atoms with van der Waals surface area (Å²) in [6.07, 6.45) is 3.80. The van der Waals surface area contributed by atoms with E-state index in [2.05, 4.69) is 15.5 Å². The number of carbonyl (C=O) groups is 1. The first kappa shape index (κ1) is 18.0. The summed E-state index contributed by atoms with van der Waals surface area (Å²) < 4.78 is 5.40. The summed E-state index contributed by atoms with van der Waals surface area (Å²) in [5.41, 5.74) is 0.626. The van der Waals surface area contributed by atoms with Crippen molar-refractivity contribution in [3.05, 3.63) is 40.3 Å². The molecule has 26 heavy (non-hydrogen) atoms. The van der Waals surface area contributed by atoms with Crippen molar-refractivity contribution in [1.29, 1.82) is 0 Å². The number of hydrogen-bond acceptors (Lipinski definition) is 6. The Morgan fingerprint density at radius 3 is 2.62 bits per heavy atom. The van der Waals surface area contributed by atoms with Gasteiger partial charge in [-0.3, -0.25) is 14.9 Å². The van der Waals surface area contributed by atoms with Crippen LogP contribution in [0.2, 0.25) is 0 Å². The molecule has 3 rings (SSSR count). The molecule has 1 aromatic carbocycles. The molecule has 1 heterocycles. The first-order chi connectivity index (χ1) is 12.5. The molecule has 1 saturated carbocycles. The van der Waals surface area contributed by atoms with Gasteiger partial charge in [0.05, 0.1) is 4.92 Å². The van der Waals surface area contributed by atoms with Crippen molar-refractivity contribution < 1.29 is 14.2 Å². The van der Waals surface area contributed by atoms with Gasteiger partial charge in [-0.2, -0.15) is 4.98 Å². The molecule has 2 atom stereocenters. The van der Waals surface area contributed by atoms with Crippen LogP contribution in [0.5, 0.6) is 0 Å². The Hall–Kier alpha value is -2.77. The van der Waals surface area contributed by atoms with Crippen molar-refractivity contribution in [2.45, 2.75) is 45.6 Å². The minimum absolute atomic E-state index is 0.00251. The Morgan fingerprint density at radius 2 is 2.08 bits per heavy atom. The lowest BCUT2D eigenvalue weighted by Crippen LogP contribution is -2.39. The second-order valence-corrected chi connectivity index (χ2v) is 6.76. The molecule has 8 nitrogen and oxygen atoms in total. The molecule has 1 aliphatic rings. The third kappa shape index (κ3) is 3.74. The van der Waals surface area contributed by atoms with E-state index in [1.165, 1.54) is 12.1 Å². The summed E-state index contributed by atoms with van der Waals surface area (Å²) in [6, 6.07) is 5.62. The molecule has 138 valence electrons. The lowest BCUT2D eigenvalue weighted by molar-refractivity contribution is -0.384. The number of rotatable bonds is 7. The first-order valence-electron chi connectivity index (χ1n) is 8.88. The van der Waals surface area contributed by atoms with Crippen LogP contribution in [0, 0.1) is 22.0 Å². The van der Waals surface area contributed by atoms with Crippen molar-refractivity contribution in [3.63, 3.8) is 0 Å². The molecule has 8 heteroatoms. The fraction of sp³-hybridized carbons (Fsp3) is 0.500. The Bertz CT molecular complexity index is 783. The van der Waals surface area contributed by atoms with E-state index < -0.39 is 4.92 Å². The highest BCUT2D eigenvalue weighted by Crippen LogP contribution is 2.30. The molecular formula is C18H22N4O4. The number of carbonyl (C=O) groups excluding carboxylic acids is 1. The van der Waals surface area contributed by atoms with Crippen LogP contribution in [-0.4, -0.2) is 21.0 Å². The van der Waals surface area contributed by atoms with Crippen LogP contribution in [0.25, 0.3) is 11.4 Å². The summed E-state index contributed by atoms with van der Waals surface area (Å²) in [6.45, 7) is 4.07. The maximum Gasteiger partial charge on any atom is 0.269 e. The number of amides is 1. The summed E-state index contributed by atoms with van der Waals surface area (Å²) in [5, 5.41) is 17.8. The predicted molar refractivity (Wildman–Crippen MR) is 94.1 cm³/mol. The van der Waals surface area contributed by atoms with Gasteiger partial charge < -0.3 is 9.84 Å². The quantitative estimate of drug-likeness (QED) is 0.597. The summed E-state index contributed by atoms with van der Waals surface area (Å²) >= 11 is 0. The molecule has 1 amide bonds. The fourth-order valence-corrected chi connectivity index (χ4v) is 2.84. The van der Waals surface area contributed by atoms with Gasteiger partial charge in [-0.15, -0.1) is 0 Å². The molecule has 0 saturated heterocycles.